The number of hydrogen-bond donors (Lipinski definition) is 1. The zero-order chi connectivity index (χ0) is 9.52. The summed E-state index contributed by atoms with van der Waals surface area (Å²) in [6.45, 7) is 4.66. The van der Waals surface area contributed by atoms with E-state index in [-0.39, 0.29) is 0 Å². The average molecular weight is 173 g/mol. The Morgan fingerprint density at radius 1 is 1.31 bits per heavy atom. The molecular formula is C12H15N. The second-order valence-electron chi connectivity index (χ2n) is 2.79. The van der Waals surface area contributed by atoms with E-state index in [1.54, 1.807) is 0 Å². The SMILES string of the molecule is C=Cc1ccccc1C=CCNC. The minimum absolute atomic E-state index is 0.894. The Kier molecular flexibility index (Phi) is 4.00. The number of rotatable bonds is 4. The van der Waals surface area contributed by atoms with Crippen molar-refractivity contribution in [1.29, 1.82) is 0 Å². The lowest BCUT2D eigenvalue weighted by atomic mass is 10.1. The van der Waals surface area contributed by atoms with Crippen LogP contribution < -0.4 is 5.32 Å². The largest absolute Gasteiger partial charge is 0.316 e. The normalized spacial score (nSPS) is 10.5. The Bertz CT molecular complexity index is 300. The molecule has 0 aromatic heterocycles. The fourth-order valence-corrected chi connectivity index (χ4v) is 1.15. The molecule has 1 N–H and O–H groups in total. The van der Waals surface area contributed by atoms with Crippen LogP contribution in [0.5, 0.6) is 0 Å². The summed E-state index contributed by atoms with van der Waals surface area (Å²) in [6, 6.07) is 8.20. The first kappa shape index (κ1) is 9.75. The fourth-order valence-electron chi connectivity index (χ4n) is 1.15. The zero-order valence-corrected chi connectivity index (χ0v) is 7.96. The lowest BCUT2D eigenvalue weighted by Crippen LogP contribution is -2.03. The van der Waals surface area contributed by atoms with Crippen molar-refractivity contribution in [2.45, 2.75) is 0 Å². The molecule has 0 spiro atoms. The molecule has 0 radical (unpaired) electrons. The third-order valence-corrected chi connectivity index (χ3v) is 1.84. The second-order valence-corrected chi connectivity index (χ2v) is 2.79. The van der Waals surface area contributed by atoms with Crippen LogP contribution in [0, 0.1) is 0 Å². The molecule has 0 heterocycles. The molecular weight excluding hydrogens is 158 g/mol. The van der Waals surface area contributed by atoms with Gasteiger partial charge in [-0.15, -0.1) is 0 Å². The van der Waals surface area contributed by atoms with E-state index in [1.807, 2.05) is 25.3 Å². The van der Waals surface area contributed by atoms with Crippen LogP contribution in [0.3, 0.4) is 0 Å². The molecule has 0 amide bonds. The molecule has 0 aliphatic heterocycles. The van der Waals surface area contributed by atoms with Crippen molar-refractivity contribution in [2.75, 3.05) is 13.6 Å². The summed E-state index contributed by atoms with van der Waals surface area (Å²) in [5.74, 6) is 0. The van der Waals surface area contributed by atoms with E-state index in [4.69, 9.17) is 0 Å². The summed E-state index contributed by atoms with van der Waals surface area (Å²) < 4.78 is 0. The number of likely N-dealkylation sites (N-methyl/N-ethyl adjacent to an activating group) is 1. The molecule has 0 saturated heterocycles. The summed E-state index contributed by atoms with van der Waals surface area (Å²) in [4.78, 5) is 0. The molecule has 0 saturated carbocycles. The maximum atomic E-state index is 3.77. The molecule has 68 valence electrons. The predicted molar refractivity (Wildman–Crippen MR) is 59.5 cm³/mol. The quantitative estimate of drug-likeness (QED) is 0.738. The Morgan fingerprint density at radius 3 is 2.62 bits per heavy atom. The van der Waals surface area contributed by atoms with E-state index in [1.165, 1.54) is 11.1 Å². The van der Waals surface area contributed by atoms with E-state index in [0.29, 0.717) is 0 Å². The first-order valence-electron chi connectivity index (χ1n) is 4.41. The smallest absolute Gasteiger partial charge is 0.0135 e. The molecule has 1 aromatic carbocycles. The lowest BCUT2D eigenvalue weighted by Gasteiger charge is -1.98. The highest BCUT2D eigenvalue weighted by Crippen LogP contribution is 2.11. The third kappa shape index (κ3) is 2.88. The highest BCUT2D eigenvalue weighted by Gasteiger charge is 1.91. The van der Waals surface area contributed by atoms with Gasteiger partial charge in [0.2, 0.25) is 0 Å². The summed E-state index contributed by atoms with van der Waals surface area (Å²) in [5.41, 5.74) is 2.39. The van der Waals surface area contributed by atoms with Gasteiger partial charge in [0.1, 0.15) is 0 Å². The van der Waals surface area contributed by atoms with Crippen molar-refractivity contribution >= 4 is 12.2 Å². The molecule has 0 fully saturated rings. The summed E-state index contributed by atoms with van der Waals surface area (Å²) in [7, 11) is 1.93. The second kappa shape index (κ2) is 5.33. The maximum Gasteiger partial charge on any atom is 0.0135 e. The van der Waals surface area contributed by atoms with Crippen LogP contribution in [0.15, 0.2) is 36.9 Å². The van der Waals surface area contributed by atoms with Gasteiger partial charge in [-0.2, -0.15) is 0 Å². The molecule has 0 aliphatic carbocycles. The molecule has 0 unspecified atom stereocenters. The third-order valence-electron chi connectivity index (χ3n) is 1.84. The fraction of sp³-hybridized carbons (Fsp3) is 0.167. The average Bonchev–Trinajstić information content (AvgIpc) is 2.19. The first-order chi connectivity index (χ1) is 6.38. The highest BCUT2D eigenvalue weighted by molar-refractivity contribution is 5.64. The molecule has 1 aromatic rings. The van der Waals surface area contributed by atoms with Crippen molar-refractivity contribution in [3.8, 4) is 0 Å². The summed E-state index contributed by atoms with van der Waals surface area (Å²) in [6.07, 6.45) is 6.08. The topological polar surface area (TPSA) is 12.0 Å². The van der Waals surface area contributed by atoms with Crippen LogP contribution in [0.4, 0.5) is 0 Å². The van der Waals surface area contributed by atoms with E-state index >= 15 is 0 Å². The van der Waals surface area contributed by atoms with Gasteiger partial charge in [0.05, 0.1) is 0 Å². The van der Waals surface area contributed by atoms with Gasteiger partial charge in [0.25, 0.3) is 0 Å². The standard InChI is InChI=1S/C12H15N/c1-3-11-7-4-5-8-12(11)9-6-10-13-2/h3-9,13H,1,10H2,2H3. The van der Waals surface area contributed by atoms with Crippen molar-refractivity contribution in [3.05, 3.63) is 48.0 Å². The maximum absolute atomic E-state index is 3.77. The van der Waals surface area contributed by atoms with Gasteiger partial charge in [0.15, 0.2) is 0 Å². The number of nitrogens with one attached hydrogen (secondary N) is 1. The van der Waals surface area contributed by atoms with Crippen LogP contribution in [0.2, 0.25) is 0 Å². The lowest BCUT2D eigenvalue weighted by molar-refractivity contribution is 0.922. The summed E-state index contributed by atoms with van der Waals surface area (Å²) >= 11 is 0. The van der Waals surface area contributed by atoms with Gasteiger partial charge in [0, 0.05) is 6.54 Å². The Labute approximate surface area is 79.8 Å². The number of benzene rings is 1. The predicted octanol–water partition coefficient (Wildman–Crippen LogP) is 2.56. The molecule has 1 nitrogen and oxygen atoms in total. The van der Waals surface area contributed by atoms with Gasteiger partial charge in [-0.1, -0.05) is 49.1 Å². The van der Waals surface area contributed by atoms with Crippen LogP contribution in [-0.2, 0) is 0 Å². The van der Waals surface area contributed by atoms with Crippen LogP contribution in [0.1, 0.15) is 11.1 Å². The van der Waals surface area contributed by atoms with Crippen molar-refractivity contribution in [1.82, 2.24) is 5.32 Å². The van der Waals surface area contributed by atoms with Crippen LogP contribution in [-0.4, -0.2) is 13.6 Å². The Balaban J connectivity index is 2.80. The van der Waals surface area contributed by atoms with E-state index < -0.39 is 0 Å². The molecule has 13 heavy (non-hydrogen) atoms. The van der Waals surface area contributed by atoms with E-state index in [9.17, 15) is 0 Å². The molecule has 0 bridgehead atoms. The van der Waals surface area contributed by atoms with Crippen LogP contribution >= 0.6 is 0 Å². The Hall–Kier alpha value is -1.34. The van der Waals surface area contributed by atoms with Crippen molar-refractivity contribution in [2.24, 2.45) is 0 Å². The zero-order valence-electron chi connectivity index (χ0n) is 7.96. The van der Waals surface area contributed by atoms with Crippen LogP contribution in [0.25, 0.3) is 12.2 Å². The molecule has 1 heteroatoms. The highest BCUT2D eigenvalue weighted by atomic mass is 14.8. The first-order valence-corrected chi connectivity index (χ1v) is 4.41. The minimum Gasteiger partial charge on any atom is -0.316 e. The minimum atomic E-state index is 0.894. The Morgan fingerprint density at radius 2 is 2.00 bits per heavy atom. The van der Waals surface area contributed by atoms with E-state index in [2.05, 4.69) is 36.2 Å². The van der Waals surface area contributed by atoms with E-state index in [0.717, 1.165) is 6.54 Å². The summed E-state index contributed by atoms with van der Waals surface area (Å²) in [5, 5.41) is 3.06. The molecule has 0 atom stereocenters. The van der Waals surface area contributed by atoms with Gasteiger partial charge in [-0.05, 0) is 18.2 Å². The molecule has 1 rings (SSSR count). The molecule has 0 aliphatic rings. The van der Waals surface area contributed by atoms with Crippen molar-refractivity contribution < 1.29 is 0 Å². The van der Waals surface area contributed by atoms with Gasteiger partial charge in [-0.25, -0.2) is 0 Å². The van der Waals surface area contributed by atoms with Gasteiger partial charge < -0.3 is 5.32 Å². The monoisotopic (exact) mass is 173 g/mol. The van der Waals surface area contributed by atoms with Gasteiger partial charge >= 0.3 is 0 Å². The van der Waals surface area contributed by atoms with Gasteiger partial charge in [-0.3, -0.25) is 0 Å². The van der Waals surface area contributed by atoms with Crippen molar-refractivity contribution in [3.63, 3.8) is 0 Å². The number of hydrogen-bond acceptors (Lipinski definition) is 1.